The van der Waals surface area contributed by atoms with Crippen molar-refractivity contribution in [3.63, 3.8) is 0 Å². The zero-order chi connectivity index (χ0) is 50.8. The van der Waals surface area contributed by atoms with Crippen LogP contribution in [0.15, 0.2) is 0 Å². The number of nitrogens with zero attached hydrogens (tertiary/aromatic N) is 1. The maximum atomic E-state index is 13.9. The standard InChI is InChI=1S/C44H78N10O11/c1-18-24(4)30(48-37(63)41(10,11)51-33(59)29(23(2)3)47-36(62)40(8,9)49-31(57)25(5)45-27(7)56)34(60)52-43(14,15)38(64)53-42(12,13)35(61)46-26(6)32(58)50-44(16,17)39(65)54-21-19-20-28(54)22-55/h23-26,28-30,55H,18-22H2,1-17H3,(H,45,56)(H,46,61)(H,47,62)(H,48,63)(H,49,57)(H,50,58)(H,51,59)(H,52,60)(H,53,64). The van der Waals surface area contributed by atoms with Gasteiger partial charge in [0.2, 0.25) is 59.1 Å². The maximum Gasteiger partial charge on any atom is 0.248 e. The van der Waals surface area contributed by atoms with Crippen LogP contribution >= 0.6 is 0 Å². The second-order valence-corrected chi connectivity index (χ2v) is 20.2. The van der Waals surface area contributed by atoms with Gasteiger partial charge in [0.05, 0.1) is 12.6 Å². The highest BCUT2D eigenvalue weighted by atomic mass is 16.3. The first-order valence-electron chi connectivity index (χ1n) is 22.2. The fourth-order valence-electron chi connectivity index (χ4n) is 6.67. The van der Waals surface area contributed by atoms with Gasteiger partial charge >= 0.3 is 0 Å². The molecule has 6 atom stereocenters. The average molecular weight is 923 g/mol. The number of nitrogens with one attached hydrogen (secondary N) is 9. The summed E-state index contributed by atoms with van der Waals surface area (Å²) < 4.78 is 0. The molecule has 0 aromatic heterocycles. The van der Waals surface area contributed by atoms with E-state index in [4.69, 9.17) is 0 Å². The molecule has 0 spiro atoms. The quantitative estimate of drug-likeness (QED) is 0.0638. The lowest BCUT2D eigenvalue weighted by molar-refractivity contribution is -0.142. The molecule has 65 heavy (non-hydrogen) atoms. The van der Waals surface area contributed by atoms with Gasteiger partial charge in [-0.25, -0.2) is 0 Å². The minimum atomic E-state index is -1.65. The smallest absolute Gasteiger partial charge is 0.248 e. The molecule has 370 valence electrons. The Balaban J connectivity index is 3.05. The maximum absolute atomic E-state index is 13.9. The molecule has 21 heteroatoms. The van der Waals surface area contributed by atoms with Crippen LogP contribution < -0.4 is 47.9 Å². The van der Waals surface area contributed by atoms with Gasteiger partial charge in [0.15, 0.2) is 0 Å². The molecule has 0 aliphatic carbocycles. The molecule has 0 bridgehead atoms. The van der Waals surface area contributed by atoms with E-state index in [1.807, 2.05) is 0 Å². The van der Waals surface area contributed by atoms with Crippen LogP contribution in [0, 0.1) is 11.8 Å². The Morgan fingerprint density at radius 3 is 1.37 bits per heavy atom. The van der Waals surface area contributed by atoms with Crippen molar-refractivity contribution in [2.24, 2.45) is 11.8 Å². The third-order valence-corrected chi connectivity index (χ3v) is 11.4. The van der Waals surface area contributed by atoms with E-state index >= 15 is 0 Å². The molecule has 0 radical (unpaired) electrons. The first-order chi connectivity index (χ1) is 29.5. The number of likely N-dealkylation sites (tertiary alicyclic amines) is 1. The molecule has 1 aliphatic heterocycles. The summed E-state index contributed by atoms with van der Waals surface area (Å²) in [4.78, 5) is 134. The number of aliphatic hydroxyl groups excluding tert-OH is 1. The van der Waals surface area contributed by atoms with Crippen molar-refractivity contribution in [3.05, 3.63) is 0 Å². The highest BCUT2D eigenvalue weighted by Gasteiger charge is 2.43. The number of rotatable bonds is 22. The third kappa shape index (κ3) is 16.2. The lowest BCUT2D eigenvalue weighted by Gasteiger charge is -2.36. The number of carbonyl (C=O) groups excluding carboxylic acids is 10. The van der Waals surface area contributed by atoms with Gasteiger partial charge in [0, 0.05) is 13.5 Å². The lowest BCUT2D eigenvalue weighted by atomic mass is 9.93. The van der Waals surface area contributed by atoms with Gasteiger partial charge in [0.25, 0.3) is 0 Å². The molecule has 0 aromatic rings. The molecular weight excluding hydrogens is 845 g/mol. The van der Waals surface area contributed by atoms with Gasteiger partial charge < -0.3 is 57.9 Å². The summed E-state index contributed by atoms with van der Waals surface area (Å²) in [6.45, 7) is 25.6. The van der Waals surface area contributed by atoms with Gasteiger partial charge in [0.1, 0.15) is 51.9 Å². The molecule has 1 aliphatic rings. The van der Waals surface area contributed by atoms with Crippen LogP contribution in [0.1, 0.15) is 137 Å². The Kier molecular flexibility index (Phi) is 20.2. The van der Waals surface area contributed by atoms with Crippen molar-refractivity contribution in [3.8, 4) is 0 Å². The number of aliphatic hydroxyl groups is 1. The zero-order valence-corrected chi connectivity index (χ0v) is 41.6. The largest absolute Gasteiger partial charge is 0.394 e. The first-order valence-corrected chi connectivity index (χ1v) is 22.2. The van der Waals surface area contributed by atoms with E-state index in [1.165, 1.54) is 94.9 Å². The zero-order valence-electron chi connectivity index (χ0n) is 41.6. The van der Waals surface area contributed by atoms with Gasteiger partial charge in [-0.1, -0.05) is 34.1 Å². The fraction of sp³-hybridized carbons (Fsp3) is 0.773. The van der Waals surface area contributed by atoms with Gasteiger partial charge in [-0.15, -0.1) is 0 Å². The van der Waals surface area contributed by atoms with Crippen molar-refractivity contribution in [2.45, 2.75) is 195 Å². The Hall–Kier alpha value is -5.34. The molecule has 0 saturated carbocycles. The lowest BCUT2D eigenvalue weighted by Crippen LogP contribution is -2.67. The average Bonchev–Trinajstić information content (AvgIpc) is 3.65. The summed E-state index contributed by atoms with van der Waals surface area (Å²) in [5, 5.41) is 33.1. The molecule has 10 N–H and O–H groups in total. The van der Waals surface area contributed by atoms with Crippen LogP contribution in [0.4, 0.5) is 0 Å². The van der Waals surface area contributed by atoms with E-state index < -0.39 is 117 Å². The predicted octanol–water partition coefficient (Wildman–Crippen LogP) is -0.855. The minimum absolute atomic E-state index is 0.197. The molecule has 6 unspecified atom stereocenters. The second kappa shape index (κ2) is 22.7. The SMILES string of the molecule is CCC(C)C(NC(=O)C(C)(C)NC(=O)C(NC(=O)C(C)(C)NC(=O)C(C)NC(C)=O)C(C)C)C(=O)NC(C)(C)C(=O)NC(C)(C)C(=O)NC(C)C(=O)NC(C)(C)C(=O)N1CCCC1CO. The summed E-state index contributed by atoms with van der Waals surface area (Å²) in [6, 6.07) is -4.77. The van der Waals surface area contributed by atoms with Crippen LogP contribution in [-0.4, -0.2) is 140 Å². The Morgan fingerprint density at radius 1 is 0.538 bits per heavy atom. The normalized spacial score (nSPS) is 17.0. The number of hydrogen-bond donors (Lipinski definition) is 10. The van der Waals surface area contributed by atoms with E-state index in [2.05, 4.69) is 47.9 Å². The van der Waals surface area contributed by atoms with Crippen molar-refractivity contribution in [2.75, 3.05) is 13.2 Å². The van der Waals surface area contributed by atoms with Crippen molar-refractivity contribution < 1.29 is 53.1 Å². The summed E-state index contributed by atoms with van der Waals surface area (Å²) in [6.07, 6.45) is 1.79. The summed E-state index contributed by atoms with van der Waals surface area (Å²) in [7, 11) is 0. The molecule has 21 nitrogen and oxygen atoms in total. The van der Waals surface area contributed by atoms with Crippen LogP contribution in [-0.2, 0) is 47.9 Å². The second-order valence-electron chi connectivity index (χ2n) is 20.2. The number of amides is 10. The van der Waals surface area contributed by atoms with Crippen LogP contribution in [0.5, 0.6) is 0 Å². The number of hydrogen-bond acceptors (Lipinski definition) is 11. The van der Waals surface area contributed by atoms with Crippen molar-refractivity contribution >= 4 is 59.1 Å². The highest BCUT2D eigenvalue weighted by Crippen LogP contribution is 2.22. The van der Waals surface area contributed by atoms with Crippen molar-refractivity contribution in [1.29, 1.82) is 0 Å². The summed E-state index contributed by atoms with van der Waals surface area (Å²) >= 11 is 0. The van der Waals surface area contributed by atoms with E-state index in [0.717, 1.165) is 6.42 Å². The Labute approximate surface area is 384 Å². The van der Waals surface area contributed by atoms with Crippen LogP contribution in [0.3, 0.4) is 0 Å². The van der Waals surface area contributed by atoms with E-state index in [9.17, 15) is 53.1 Å². The van der Waals surface area contributed by atoms with Gasteiger partial charge in [-0.2, -0.15) is 0 Å². The Bertz CT molecular complexity index is 1810. The third-order valence-electron chi connectivity index (χ3n) is 11.4. The number of carbonyl (C=O) groups is 10. The van der Waals surface area contributed by atoms with Crippen molar-refractivity contribution in [1.82, 2.24) is 52.8 Å². The molecule has 1 saturated heterocycles. The highest BCUT2D eigenvalue weighted by molar-refractivity contribution is 6.01. The summed E-state index contributed by atoms with van der Waals surface area (Å²) in [5.41, 5.74) is -7.76. The summed E-state index contributed by atoms with van der Waals surface area (Å²) in [5.74, 6) is -7.47. The van der Waals surface area contributed by atoms with E-state index in [-0.39, 0.29) is 18.6 Å². The molecular formula is C44H78N10O11. The molecule has 1 heterocycles. The van der Waals surface area contributed by atoms with Gasteiger partial charge in [-0.05, 0) is 108 Å². The first kappa shape index (κ1) is 57.7. The molecule has 1 fully saturated rings. The Morgan fingerprint density at radius 2 is 0.923 bits per heavy atom. The molecule has 0 aromatic carbocycles. The van der Waals surface area contributed by atoms with Gasteiger partial charge in [-0.3, -0.25) is 47.9 Å². The van der Waals surface area contributed by atoms with Crippen LogP contribution in [0.2, 0.25) is 0 Å². The molecule has 1 rings (SSSR count). The van der Waals surface area contributed by atoms with E-state index in [1.54, 1.807) is 27.7 Å². The monoisotopic (exact) mass is 923 g/mol. The van der Waals surface area contributed by atoms with Crippen LogP contribution in [0.25, 0.3) is 0 Å². The topological polar surface area (TPSA) is 302 Å². The molecule has 10 amide bonds. The minimum Gasteiger partial charge on any atom is -0.394 e. The fourth-order valence-corrected chi connectivity index (χ4v) is 6.67. The predicted molar refractivity (Wildman–Crippen MR) is 242 cm³/mol. The van der Waals surface area contributed by atoms with E-state index in [0.29, 0.717) is 19.4 Å².